The van der Waals surface area contributed by atoms with E-state index in [1.807, 2.05) is 6.92 Å². The first-order chi connectivity index (χ1) is 8.43. The molecule has 2 unspecified atom stereocenters. The number of rotatable bonds is 3. The Hall–Kier alpha value is -1.01. The molecule has 0 amide bonds. The van der Waals surface area contributed by atoms with Gasteiger partial charge in [0.05, 0.1) is 16.2 Å². The number of halogens is 2. The third-order valence-corrected chi connectivity index (χ3v) is 5.66. The van der Waals surface area contributed by atoms with Gasteiger partial charge in [-0.15, -0.1) is 0 Å². The van der Waals surface area contributed by atoms with Crippen molar-refractivity contribution in [1.29, 1.82) is 0 Å². The summed E-state index contributed by atoms with van der Waals surface area (Å²) in [5.41, 5.74) is 0.336. The van der Waals surface area contributed by atoms with E-state index in [0.29, 0.717) is 18.5 Å². The number of fused-ring (bicyclic) bond motifs is 1. The van der Waals surface area contributed by atoms with E-state index in [1.165, 1.54) is 0 Å². The van der Waals surface area contributed by atoms with Crippen molar-refractivity contribution in [2.75, 3.05) is 6.54 Å². The monoisotopic (exact) mass is 275 g/mol. The molecule has 0 saturated carbocycles. The molecule has 0 aromatic heterocycles. The molecule has 100 valence electrons. The smallest absolute Gasteiger partial charge is 0.183 e. The summed E-state index contributed by atoms with van der Waals surface area (Å²) in [6.07, 6.45) is 0.401. The maximum Gasteiger partial charge on any atom is 0.183 e. The molecule has 0 fully saturated rings. The lowest BCUT2D eigenvalue weighted by Crippen LogP contribution is -2.31. The topological polar surface area (TPSA) is 46.2 Å². The van der Waals surface area contributed by atoms with Crippen molar-refractivity contribution in [2.45, 2.75) is 36.5 Å². The molecule has 1 aromatic carbocycles. The van der Waals surface area contributed by atoms with Crippen molar-refractivity contribution in [3.63, 3.8) is 0 Å². The van der Waals surface area contributed by atoms with Gasteiger partial charge in [-0.05, 0) is 30.7 Å². The van der Waals surface area contributed by atoms with Gasteiger partial charge in [0.1, 0.15) is 0 Å². The zero-order valence-electron chi connectivity index (χ0n) is 10.2. The van der Waals surface area contributed by atoms with Crippen molar-refractivity contribution < 1.29 is 17.2 Å². The van der Waals surface area contributed by atoms with Crippen LogP contribution in [0.5, 0.6) is 0 Å². The van der Waals surface area contributed by atoms with Crippen molar-refractivity contribution in [1.82, 2.24) is 5.32 Å². The van der Waals surface area contributed by atoms with Crippen LogP contribution in [0, 0.1) is 11.6 Å². The van der Waals surface area contributed by atoms with Gasteiger partial charge in [0, 0.05) is 0 Å². The van der Waals surface area contributed by atoms with Crippen LogP contribution in [0.4, 0.5) is 8.78 Å². The molecule has 0 radical (unpaired) electrons. The third-order valence-electron chi connectivity index (χ3n) is 3.29. The molecule has 0 spiro atoms. The molecule has 2 rings (SSSR count). The molecule has 1 aliphatic rings. The second-order valence-electron chi connectivity index (χ2n) is 4.33. The minimum Gasteiger partial charge on any atom is -0.309 e. The van der Waals surface area contributed by atoms with E-state index in [4.69, 9.17) is 0 Å². The summed E-state index contributed by atoms with van der Waals surface area (Å²) in [7, 11) is -3.58. The summed E-state index contributed by atoms with van der Waals surface area (Å²) < 4.78 is 50.9. The van der Waals surface area contributed by atoms with Gasteiger partial charge >= 0.3 is 0 Å². The standard InChI is InChI=1S/C12H15F2NO2S/c1-3-10-12(15-4-2)7-5-8(13)9(14)6-11(7)18(10,16)17/h5-6,10,12,15H,3-4H2,1-2H3. The molecule has 0 bridgehead atoms. The van der Waals surface area contributed by atoms with E-state index >= 15 is 0 Å². The minimum absolute atomic E-state index is 0.0841. The number of nitrogens with one attached hydrogen (secondary N) is 1. The number of sulfone groups is 1. The quantitative estimate of drug-likeness (QED) is 0.860. The van der Waals surface area contributed by atoms with Crippen LogP contribution in [-0.2, 0) is 9.84 Å². The predicted octanol–water partition coefficient (Wildman–Crippen LogP) is 2.18. The molecule has 1 N–H and O–H groups in total. The molecule has 18 heavy (non-hydrogen) atoms. The van der Waals surface area contributed by atoms with E-state index in [1.54, 1.807) is 6.92 Å². The molecule has 0 saturated heterocycles. The Morgan fingerprint density at radius 1 is 1.22 bits per heavy atom. The summed E-state index contributed by atoms with van der Waals surface area (Å²) in [4.78, 5) is -0.0841. The van der Waals surface area contributed by atoms with Crippen LogP contribution in [-0.4, -0.2) is 20.2 Å². The summed E-state index contributed by atoms with van der Waals surface area (Å²) in [6, 6.07) is 1.32. The van der Waals surface area contributed by atoms with Gasteiger partial charge < -0.3 is 5.32 Å². The lowest BCUT2D eigenvalue weighted by atomic mass is 10.0. The van der Waals surface area contributed by atoms with Crippen molar-refractivity contribution in [3.8, 4) is 0 Å². The van der Waals surface area contributed by atoms with Gasteiger partial charge in [0.2, 0.25) is 0 Å². The van der Waals surface area contributed by atoms with Crippen LogP contribution in [0.3, 0.4) is 0 Å². The Labute approximate surface area is 105 Å². The van der Waals surface area contributed by atoms with Crippen LogP contribution in [0.2, 0.25) is 0 Å². The van der Waals surface area contributed by atoms with Gasteiger partial charge in [-0.1, -0.05) is 13.8 Å². The Balaban J connectivity index is 2.65. The molecule has 1 heterocycles. The number of hydrogen-bond donors (Lipinski definition) is 1. The second-order valence-corrected chi connectivity index (χ2v) is 6.47. The summed E-state index contributed by atoms with van der Waals surface area (Å²) in [5, 5.41) is 2.38. The van der Waals surface area contributed by atoms with Crippen LogP contribution < -0.4 is 5.32 Å². The summed E-state index contributed by atoms with van der Waals surface area (Å²) in [5.74, 6) is -2.13. The molecular formula is C12H15F2NO2S. The zero-order valence-corrected chi connectivity index (χ0v) is 11.0. The maximum atomic E-state index is 13.3. The number of hydrogen-bond acceptors (Lipinski definition) is 3. The van der Waals surface area contributed by atoms with Gasteiger partial charge in [-0.25, -0.2) is 17.2 Å². The molecule has 6 heteroatoms. The lowest BCUT2D eigenvalue weighted by Gasteiger charge is -2.18. The van der Waals surface area contributed by atoms with E-state index in [0.717, 1.165) is 12.1 Å². The highest BCUT2D eigenvalue weighted by atomic mass is 32.2. The maximum absolute atomic E-state index is 13.3. The van der Waals surface area contributed by atoms with E-state index in [9.17, 15) is 17.2 Å². The first-order valence-corrected chi connectivity index (χ1v) is 7.44. The second kappa shape index (κ2) is 4.59. The highest BCUT2D eigenvalue weighted by Gasteiger charge is 2.44. The van der Waals surface area contributed by atoms with Gasteiger partial charge in [-0.3, -0.25) is 0 Å². The van der Waals surface area contributed by atoms with Crippen LogP contribution in [0.25, 0.3) is 0 Å². The fourth-order valence-corrected chi connectivity index (χ4v) is 4.64. The normalized spacial score (nSPS) is 25.1. The molecule has 1 aromatic rings. The van der Waals surface area contributed by atoms with Gasteiger partial charge in [-0.2, -0.15) is 0 Å². The zero-order chi connectivity index (χ0) is 13.5. The average molecular weight is 275 g/mol. The van der Waals surface area contributed by atoms with E-state index < -0.39 is 32.8 Å². The molecule has 1 aliphatic heterocycles. The van der Waals surface area contributed by atoms with Crippen molar-refractivity contribution in [3.05, 3.63) is 29.3 Å². The Morgan fingerprint density at radius 2 is 1.83 bits per heavy atom. The first-order valence-electron chi connectivity index (χ1n) is 5.89. The molecule has 0 aliphatic carbocycles. The van der Waals surface area contributed by atoms with E-state index in [2.05, 4.69) is 5.32 Å². The van der Waals surface area contributed by atoms with Gasteiger partial charge in [0.25, 0.3) is 0 Å². The van der Waals surface area contributed by atoms with Crippen LogP contribution >= 0.6 is 0 Å². The fraction of sp³-hybridized carbons (Fsp3) is 0.500. The predicted molar refractivity (Wildman–Crippen MR) is 64.0 cm³/mol. The average Bonchev–Trinajstić information content (AvgIpc) is 2.50. The van der Waals surface area contributed by atoms with Crippen molar-refractivity contribution in [2.24, 2.45) is 0 Å². The SMILES string of the molecule is CCNC1c2cc(F)c(F)cc2S(=O)(=O)C1CC. The largest absolute Gasteiger partial charge is 0.309 e. The lowest BCUT2D eigenvalue weighted by molar-refractivity contribution is 0.487. The molecular weight excluding hydrogens is 260 g/mol. The van der Waals surface area contributed by atoms with Crippen LogP contribution in [0.1, 0.15) is 31.9 Å². The highest BCUT2D eigenvalue weighted by Crippen LogP contribution is 2.41. The van der Waals surface area contributed by atoms with E-state index in [-0.39, 0.29) is 4.90 Å². The van der Waals surface area contributed by atoms with Crippen LogP contribution in [0.15, 0.2) is 17.0 Å². The number of benzene rings is 1. The third kappa shape index (κ3) is 1.83. The Morgan fingerprint density at radius 3 is 2.39 bits per heavy atom. The summed E-state index contributed by atoms with van der Waals surface area (Å²) >= 11 is 0. The first kappa shape index (κ1) is 13.4. The fourth-order valence-electron chi connectivity index (χ4n) is 2.49. The van der Waals surface area contributed by atoms with Gasteiger partial charge in [0.15, 0.2) is 21.5 Å². The Kier molecular flexibility index (Phi) is 3.42. The Bertz CT molecular complexity index is 572. The summed E-state index contributed by atoms with van der Waals surface area (Å²) in [6.45, 7) is 4.16. The van der Waals surface area contributed by atoms with Crippen molar-refractivity contribution >= 4 is 9.84 Å². The molecule has 3 nitrogen and oxygen atoms in total. The minimum atomic E-state index is -3.58. The highest BCUT2D eigenvalue weighted by molar-refractivity contribution is 7.92. The molecule has 2 atom stereocenters.